The van der Waals surface area contributed by atoms with E-state index in [9.17, 15) is 14.9 Å². The quantitative estimate of drug-likeness (QED) is 0.495. The highest BCUT2D eigenvalue weighted by Gasteiger charge is 2.23. The molecule has 0 fully saturated rings. The highest BCUT2D eigenvalue weighted by molar-refractivity contribution is 7.99. The van der Waals surface area contributed by atoms with Crippen LogP contribution in [0, 0.1) is 10.1 Å². The Hall–Kier alpha value is -1.86. The number of carbonyl (C=O) groups is 1. The van der Waals surface area contributed by atoms with E-state index in [1.54, 1.807) is 17.8 Å². The monoisotopic (exact) mass is 309 g/mol. The predicted molar refractivity (Wildman–Crippen MR) is 75.4 cm³/mol. The number of nitrogens with zero attached hydrogens (tertiary/aromatic N) is 3. The molecule has 102 valence electrons. The van der Waals surface area contributed by atoms with Gasteiger partial charge in [-0.1, -0.05) is 29.4 Å². The number of nitro groups is 1. The predicted octanol–water partition coefficient (Wildman–Crippen LogP) is 3.03. The molecule has 0 unspecified atom stereocenters. The zero-order valence-electron chi connectivity index (χ0n) is 10.1. The maximum absolute atomic E-state index is 11.3. The summed E-state index contributed by atoms with van der Waals surface area (Å²) in [6.07, 6.45) is 0.734. The van der Waals surface area contributed by atoms with Crippen molar-refractivity contribution in [3.8, 4) is 11.3 Å². The number of aromatic nitrogens is 2. The minimum atomic E-state index is -0.551. The first kappa shape index (κ1) is 13.1. The number of nitro benzene ring substituents is 1. The molecule has 2 aromatic rings. The molecule has 0 atom stereocenters. The second-order valence-corrected chi connectivity index (χ2v) is 5.64. The van der Waals surface area contributed by atoms with Gasteiger partial charge in [0.05, 0.1) is 4.92 Å². The van der Waals surface area contributed by atoms with Gasteiger partial charge >= 0.3 is 0 Å². The van der Waals surface area contributed by atoms with Crippen LogP contribution in [0.3, 0.4) is 0 Å². The molecule has 0 aliphatic carbocycles. The van der Waals surface area contributed by atoms with Crippen LogP contribution in [-0.4, -0.2) is 26.5 Å². The molecule has 0 saturated carbocycles. The van der Waals surface area contributed by atoms with Crippen LogP contribution < -0.4 is 0 Å². The normalized spacial score (nSPS) is 13.2. The van der Waals surface area contributed by atoms with E-state index < -0.39 is 4.92 Å². The number of thioether (sulfide) groups is 1. The van der Waals surface area contributed by atoms with Crippen LogP contribution in [0.1, 0.15) is 10.5 Å². The molecule has 1 aromatic carbocycles. The van der Waals surface area contributed by atoms with Gasteiger partial charge in [0.1, 0.15) is 16.4 Å². The SMILES string of the molecule is O=Cc1c(-c2ccc(Cl)c([N+](=O)[O-])c2)nc2n1CCS2. The Morgan fingerprint density at radius 1 is 1.50 bits per heavy atom. The Labute approximate surface area is 122 Å². The number of benzene rings is 1. The molecule has 1 aromatic heterocycles. The molecule has 6 nitrogen and oxygen atoms in total. The molecule has 2 heterocycles. The highest BCUT2D eigenvalue weighted by atomic mass is 35.5. The van der Waals surface area contributed by atoms with Crippen molar-refractivity contribution in [3.63, 3.8) is 0 Å². The van der Waals surface area contributed by atoms with E-state index >= 15 is 0 Å². The molecule has 8 heteroatoms. The number of carbonyl (C=O) groups excluding carboxylic acids is 1. The third-order valence-corrected chi connectivity index (χ3v) is 4.32. The summed E-state index contributed by atoms with van der Waals surface area (Å²) in [7, 11) is 0. The number of hydrogen-bond acceptors (Lipinski definition) is 5. The van der Waals surface area contributed by atoms with E-state index in [0.717, 1.165) is 23.7 Å². The second-order valence-electron chi connectivity index (χ2n) is 4.17. The summed E-state index contributed by atoms with van der Waals surface area (Å²) in [5.41, 5.74) is 1.23. The molecule has 1 aliphatic heterocycles. The van der Waals surface area contributed by atoms with Crippen molar-refractivity contribution in [2.45, 2.75) is 11.7 Å². The Kier molecular flexibility index (Phi) is 3.23. The molecular weight excluding hydrogens is 302 g/mol. The Bertz CT molecular complexity index is 729. The van der Waals surface area contributed by atoms with Gasteiger partial charge in [-0.25, -0.2) is 4.98 Å². The molecule has 0 spiro atoms. The van der Waals surface area contributed by atoms with Gasteiger partial charge in [-0.3, -0.25) is 14.9 Å². The topological polar surface area (TPSA) is 78.0 Å². The molecule has 0 radical (unpaired) electrons. The maximum atomic E-state index is 11.3. The standard InChI is InChI=1S/C12H8ClN3O3S/c13-8-2-1-7(5-9(8)16(18)19)11-10(6-17)15-3-4-20-12(15)14-11/h1-2,5-6H,3-4H2. The lowest BCUT2D eigenvalue weighted by Gasteiger charge is -2.02. The summed E-state index contributed by atoms with van der Waals surface area (Å²) < 4.78 is 1.83. The maximum Gasteiger partial charge on any atom is 0.288 e. The highest BCUT2D eigenvalue weighted by Crippen LogP contribution is 2.35. The van der Waals surface area contributed by atoms with Crippen LogP contribution in [0.5, 0.6) is 0 Å². The Morgan fingerprint density at radius 2 is 2.30 bits per heavy atom. The molecule has 0 bridgehead atoms. The summed E-state index contributed by atoms with van der Waals surface area (Å²) in [4.78, 5) is 26.0. The Morgan fingerprint density at radius 3 is 3.00 bits per heavy atom. The Balaban J connectivity index is 2.17. The number of aldehydes is 1. The van der Waals surface area contributed by atoms with Gasteiger partial charge in [0.2, 0.25) is 0 Å². The smallest absolute Gasteiger partial charge is 0.288 e. The fraction of sp³-hybridized carbons (Fsp3) is 0.167. The first-order chi connectivity index (χ1) is 9.61. The minimum Gasteiger partial charge on any atom is -0.315 e. The first-order valence-electron chi connectivity index (χ1n) is 5.74. The average molecular weight is 310 g/mol. The van der Waals surface area contributed by atoms with Crippen molar-refractivity contribution < 1.29 is 9.72 Å². The van der Waals surface area contributed by atoms with Crippen molar-refractivity contribution in [2.75, 3.05) is 5.75 Å². The van der Waals surface area contributed by atoms with E-state index in [4.69, 9.17) is 11.6 Å². The summed E-state index contributed by atoms with van der Waals surface area (Å²) >= 11 is 7.35. The van der Waals surface area contributed by atoms with Gasteiger partial charge in [0, 0.05) is 23.9 Å². The van der Waals surface area contributed by atoms with Crippen LogP contribution in [0.2, 0.25) is 5.02 Å². The lowest BCUT2D eigenvalue weighted by molar-refractivity contribution is -0.384. The summed E-state index contributed by atoms with van der Waals surface area (Å²) in [6, 6.07) is 4.42. The molecule has 3 rings (SSSR count). The minimum absolute atomic E-state index is 0.0625. The van der Waals surface area contributed by atoms with E-state index in [1.807, 2.05) is 4.57 Å². The van der Waals surface area contributed by atoms with Crippen molar-refractivity contribution in [1.29, 1.82) is 0 Å². The van der Waals surface area contributed by atoms with Crippen molar-refractivity contribution in [1.82, 2.24) is 9.55 Å². The van der Waals surface area contributed by atoms with Crippen molar-refractivity contribution >= 4 is 35.3 Å². The fourth-order valence-corrected chi connectivity index (χ4v) is 3.27. The zero-order chi connectivity index (χ0) is 14.3. The molecule has 0 amide bonds. The van der Waals surface area contributed by atoms with E-state index in [2.05, 4.69) is 4.98 Å². The molecular formula is C12H8ClN3O3S. The molecule has 1 aliphatic rings. The lowest BCUT2D eigenvalue weighted by atomic mass is 10.1. The number of imidazole rings is 1. The van der Waals surface area contributed by atoms with Gasteiger partial charge < -0.3 is 4.57 Å². The zero-order valence-corrected chi connectivity index (χ0v) is 11.6. The van der Waals surface area contributed by atoms with Gasteiger partial charge in [0.15, 0.2) is 11.4 Å². The van der Waals surface area contributed by atoms with E-state index in [0.29, 0.717) is 17.0 Å². The van der Waals surface area contributed by atoms with Crippen molar-refractivity contribution in [2.24, 2.45) is 0 Å². The third-order valence-electron chi connectivity index (χ3n) is 3.05. The van der Waals surface area contributed by atoms with Crippen LogP contribution in [0.15, 0.2) is 23.4 Å². The number of hydrogen-bond donors (Lipinski definition) is 0. The molecule has 0 saturated heterocycles. The second kappa shape index (κ2) is 4.92. The van der Waals surface area contributed by atoms with Gasteiger partial charge in [-0.2, -0.15) is 0 Å². The number of halogens is 1. The van der Waals surface area contributed by atoms with Crippen LogP contribution >= 0.6 is 23.4 Å². The summed E-state index contributed by atoms with van der Waals surface area (Å²) in [6.45, 7) is 0.719. The summed E-state index contributed by atoms with van der Waals surface area (Å²) in [5, 5.41) is 11.7. The van der Waals surface area contributed by atoms with Gasteiger partial charge in [-0.05, 0) is 6.07 Å². The van der Waals surface area contributed by atoms with Crippen LogP contribution in [0.25, 0.3) is 11.3 Å². The van der Waals surface area contributed by atoms with Crippen molar-refractivity contribution in [3.05, 3.63) is 39.0 Å². The van der Waals surface area contributed by atoms with Crippen LogP contribution in [-0.2, 0) is 6.54 Å². The fourth-order valence-electron chi connectivity index (χ4n) is 2.13. The van der Waals surface area contributed by atoms with E-state index in [1.165, 1.54) is 12.1 Å². The largest absolute Gasteiger partial charge is 0.315 e. The average Bonchev–Trinajstić information content (AvgIpc) is 2.98. The van der Waals surface area contributed by atoms with Crippen LogP contribution in [0.4, 0.5) is 5.69 Å². The lowest BCUT2D eigenvalue weighted by Crippen LogP contribution is -2.00. The third kappa shape index (κ3) is 1.99. The molecule has 0 N–H and O–H groups in total. The number of fused-ring (bicyclic) bond motifs is 1. The van der Waals surface area contributed by atoms with Gasteiger partial charge in [-0.15, -0.1) is 0 Å². The summed E-state index contributed by atoms with van der Waals surface area (Å²) in [5.74, 6) is 0.879. The molecule has 20 heavy (non-hydrogen) atoms. The van der Waals surface area contributed by atoms with Gasteiger partial charge in [0.25, 0.3) is 5.69 Å². The van der Waals surface area contributed by atoms with E-state index in [-0.39, 0.29) is 10.7 Å². The first-order valence-corrected chi connectivity index (χ1v) is 7.11. The number of rotatable bonds is 3.